The Labute approximate surface area is 104 Å². The van der Waals surface area contributed by atoms with Crippen molar-refractivity contribution >= 4 is 0 Å². The molecular formula is C14H23N3. The highest BCUT2D eigenvalue weighted by molar-refractivity contribution is 4.94. The SMILES string of the molecule is CCCC1CCC(NCc2cnccn2)CC1. The van der Waals surface area contributed by atoms with Gasteiger partial charge in [-0.05, 0) is 31.6 Å². The molecule has 17 heavy (non-hydrogen) atoms. The molecule has 94 valence electrons. The van der Waals surface area contributed by atoms with Crippen molar-refractivity contribution < 1.29 is 0 Å². The molecule has 1 aromatic rings. The maximum atomic E-state index is 4.28. The molecule has 0 aromatic carbocycles. The second kappa shape index (κ2) is 6.70. The fraction of sp³-hybridized carbons (Fsp3) is 0.714. The maximum absolute atomic E-state index is 4.28. The van der Waals surface area contributed by atoms with Crippen molar-refractivity contribution in [3.8, 4) is 0 Å². The fourth-order valence-corrected chi connectivity index (χ4v) is 2.73. The van der Waals surface area contributed by atoms with Crippen molar-refractivity contribution in [2.24, 2.45) is 5.92 Å². The molecule has 3 heteroatoms. The van der Waals surface area contributed by atoms with Crippen LogP contribution in [-0.4, -0.2) is 16.0 Å². The Balaban J connectivity index is 1.68. The highest BCUT2D eigenvalue weighted by atomic mass is 14.9. The first kappa shape index (κ1) is 12.5. The van der Waals surface area contributed by atoms with Crippen LogP contribution in [0.5, 0.6) is 0 Å². The van der Waals surface area contributed by atoms with Gasteiger partial charge in [-0.25, -0.2) is 0 Å². The first-order valence-electron chi connectivity index (χ1n) is 6.86. The molecule has 0 aliphatic heterocycles. The van der Waals surface area contributed by atoms with Crippen LogP contribution in [0.25, 0.3) is 0 Å². The van der Waals surface area contributed by atoms with Crippen molar-refractivity contribution in [3.05, 3.63) is 24.3 Å². The van der Waals surface area contributed by atoms with Gasteiger partial charge in [-0.3, -0.25) is 9.97 Å². The van der Waals surface area contributed by atoms with Crippen molar-refractivity contribution in [1.82, 2.24) is 15.3 Å². The van der Waals surface area contributed by atoms with E-state index in [9.17, 15) is 0 Å². The number of nitrogens with one attached hydrogen (secondary N) is 1. The standard InChI is InChI=1S/C14H23N3/c1-2-3-12-4-6-13(7-5-12)17-11-14-10-15-8-9-16-14/h8-10,12-13,17H,2-7,11H2,1H3. The molecular weight excluding hydrogens is 210 g/mol. The number of hydrogen-bond donors (Lipinski definition) is 1. The molecule has 2 rings (SSSR count). The van der Waals surface area contributed by atoms with Gasteiger partial charge in [0.05, 0.1) is 5.69 Å². The average molecular weight is 233 g/mol. The van der Waals surface area contributed by atoms with Crippen LogP contribution in [-0.2, 0) is 6.54 Å². The third-order valence-electron chi connectivity index (χ3n) is 3.73. The number of aromatic nitrogens is 2. The minimum absolute atomic E-state index is 0.685. The summed E-state index contributed by atoms with van der Waals surface area (Å²) in [5.74, 6) is 0.981. The summed E-state index contributed by atoms with van der Waals surface area (Å²) in [7, 11) is 0. The van der Waals surface area contributed by atoms with Gasteiger partial charge in [-0.1, -0.05) is 19.8 Å². The molecule has 1 fully saturated rings. The second-order valence-electron chi connectivity index (χ2n) is 5.08. The lowest BCUT2D eigenvalue weighted by Gasteiger charge is -2.28. The quantitative estimate of drug-likeness (QED) is 0.849. The average Bonchev–Trinajstić information content (AvgIpc) is 2.40. The summed E-state index contributed by atoms with van der Waals surface area (Å²) in [6.45, 7) is 3.15. The van der Waals surface area contributed by atoms with E-state index >= 15 is 0 Å². The van der Waals surface area contributed by atoms with Crippen LogP contribution in [0, 0.1) is 5.92 Å². The Morgan fingerprint density at radius 1 is 1.24 bits per heavy atom. The Morgan fingerprint density at radius 2 is 2.06 bits per heavy atom. The van der Waals surface area contributed by atoms with E-state index in [0.717, 1.165) is 18.2 Å². The summed E-state index contributed by atoms with van der Waals surface area (Å²) < 4.78 is 0. The van der Waals surface area contributed by atoms with Crippen molar-refractivity contribution in [2.75, 3.05) is 0 Å². The molecule has 1 N–H and O–H groups in total. The van der Waals surface area contributed by atoms with E-state index in [4.69, 9.17) is 0 Å². The van der Waals surface area contributed by atoms with E-state index < -0.39 is 0 Å². The largest absolute Gasteiger partial charge is 0.308 e. The summed E-state index contributed by atoms with van der Waals surface area (Å²) >= 11 is 0. The van der Waals surface area contributed by atoms with Crippen molar-refractivity contribution in [2.45, 2.75) is 58.0 Å². The summed E-state index contributed by atoms with van der Waals surface area (Å²) in [6.07, 6.45) is 13.5. The summed E-state index contributed by atoms with van der Waals surface area (Å²) in [5.41, 5.74) is 1.04. The van der Waals surface area contributed by atoms with E-state index in [1.807, 2.05) is 6.20 Å². The zero-order valence-corrected chi connectivity index (χ0v) is 10.7. The molecule has 1 aromatic heterocycles. The van der Waals surface area contributed by atoms with Gasteiger partial charge in [0.25, 0.3) is 0 Å². The van der Waals surface area contributed by atoms with Crippen LogP contribution < -0.4 is 5.32 Å². The fourth-order valence-electron chi connectivity index (χ4n) is 2.73. The van der Waals surface area contributed by atoms with Crippen LogP contribution >= 0.6 is 0 Å². The van der Waals surface area contributed by atoms with Gasteiger partial charge >= 0.3 is 0 Å². The van der Waals surface area contributed by atoms with Gasteiger partial charge in [-0.15, -0.1) is 0 Å². The monoisotopic (exact) mass is 233 g/mol. The Morgan fingerprint density at radius 3 is 2.71 bits per heavy atom. The third kappa shape index (κ3) is 4.08. The third-order valence-corrected chi connectivity index (χ3v) is 3.73. The van der Waals surface area contributed by atoms with E-state index in [1.54, 1.807) is 12.4 Å². The van der Waals surface area contributed by atoms with E-state index in [2.05, 4.69) is 22.2 Å². The van der Waals surface area contributed by atoms with E-state index in [-0.39, 0.29) is 0 Å². The highest BCUT2D eigenvalue weighted by Gasteiger charge is 2.19. The van der Waals surface area contributed by atoms with Gasteiger partial charge in [0, 0.05) is 31.2 Å². The number of nitrogens with zero attached hydrogens (tertiary/aromatic N) is 2. The van der Waals surface area contributed by atoms with Crippen LogP contribution in [0.2, 0.25) is 0 Å². The predicted molar refractivity (Wildman–Crippen MR) is 69.5 cm³/mol. The molecule has 1 saturated carbocycles. The minimum Gasteiger partial charge on any atom is -0.308 e. The van der Waals surface area contributed by atoms with Gasteiger partial charge in [0.2, 0.25) is 0 Å². The highest BCUT2D eigenvalue weighted by Crippen LogP contribution is 2.27. The summed E-state index contributed by atoms with van der Waals surface area (Å²) in [5, 5.41) is 3.60. The lowest BCUT2D eigenvalue weighted by atomic mass is 9.83. The molecule has 0 unspecified atom stereocenters. The van der Waals surface area contributed by atoms with Gasteiger partial charge in [0.1, 0.15) is 0 Å². The zero-order chi connectivity index (χ0) is 11.9. The molecule has 0 atom stereocenters. The first-order valence-corrected chi connectivity index (χ1v) is 6.86. The topological polar surface area (TPSA) is 37.8 Å². The van der Waals surface area contributed by atoms with Crippen LogP contribution in [0.3, 0.4) is 0 Å². The molecule has 1 heterocycles. The second-order valence-corrected chi connectivity index (χ2v) is 5.08. The Hall–Kier alpha value is -0.960. The van der Waals surface area contributed by atoms with Gasteiger partial charge < -0.3 is 5.32 Å². The van der Waals surface area contributed by atoms with Gasteiger partial charge in [0.15, 0.2) is 0 Å². The summed E-state index contributed by atoms with van der Waals surface area (Å²) in [6, 6.07) is 0.685. The molecule has 0 spiro atoms. The predicted octanol–water partition coefficient (Wildman–Crippen LogP) is 2.93. The van der Waals surface area contributed by atoms with E-state index in [0.29, 0.717) is 6.04 Å². The number of rotatable bonds is 5. The van der Waals surface area contributed by atoms with Crippen molar-refractivity contribution in [1.29, 1.82) is 0 Å². The van der Waals surface area contributed by atoms with Crippen LogP contribution in [0.1, 0.15) is 51.1 Å². The Kier molecular flexibility index (Phi) is 4.92. The molecule has 0 radical (unpaired) electrons. The molecule has 0 saturated heterocycles. The molecule has 1 aliphatic carbocycles. The zero-order valence-electron chi connectivity index (χ0n) is 10.7. The summed E-state index contributed by atoms with van der Waals surface area (Å²) in [4.78, 5) is 8.36. The molecule has 3 nitrogen and oxygen atoms in total. The molecule has 1 aliphatic rings. The lowest BCUT2D eigenvalue weighted by Crippen LogP contribution is -2.33. The van der Waals surface area contributed by atoms with Crippen LogP contribution in [0.4, 0.5) is 0 Å². The lowest BCUT2D eigenvalue weighted by molar-refractivity contribution is 0.277. The first-order chi connectivity index (χ1) is 8.38. The number of hydrogen-bond acceptors (Lipinski definition) is 3. The smallest absolute Gasteiger partial charge is 0.0724 e. The normalized spacial score (nSPS) is 24.8. The minimum atomic E-state index is 0.685. The maximum Gasteiger partial charge on any atom is 0.0724 e. The van der Waals surface area contributed by atoms with Crippen LogP contribution in [0.15, 0.2) is 18.6 Å². The molecule has 0 bridgehead atoms. The van der Waals surface area contributed by atoms with Crippen molar-refractivity contribution in [3.63, 3.8) is 0 Å². The van der Waals surface area contributed by atoms with E-state index in [1.165, 1.54) is 38.5 Å². The van der Waals surface area contributed by atoms with Gasteiger partial charge in [-0.2, -0.15) is 0 Å². The molecule has 0 amide bonds. The Bertz CT molecular complexity index is 305.